The predicted molar refractivity (Wildman–Crippen MR) is 108 cm³/mol. The summed E-state index contributed by atoms with van der Waals surface area (Å²) in [6, 6.07) is 9.95. The lowest BCUT2D eigenvalue weighted by atomic mass is 9.69. The Morgan fingerprint density at radius 2 is 2.00 bits per heavy atom. The number of carbonyl (C=O) groups excluding carboxylic acids is 2. The second kappa shape index (κ2) is 8.00. The lowest BCUT2D eigenvalue weighted by molar-refractivity contribution is -0.126. The van der Waals surface area contributed by atoms with Crippen LogP contribution in [-0.2, 0) is 19.1 Å². The lowest BCUT2D eigenvalue weighted by Crippen LogP contribution is -2.42. The number of amides is 2. The second-order valence-corrected chi connectivity index (χ2v) is 7.98. The first-order valence-electron chi connectivity index (χ1n) is 10.1. The third-order valence-corrected chi connectivity index (χ3v) is 6.15. The summed E-state index contributed by atoms with van der Waals surface area (Å²) in [5.41, 5.74) is 12.8. The number of morpholine rings is 1. The van der Waals surface area contributed by atoms with Crippen molar-refractivity contribution in [1.82, 2.24) is 5.32 Å². The van der Waals surface area contributed by atoms with Crippen LogP contribution in [-0.4, -0.2) is 44.2 Å². The molecule has 3 atom stereocenters. The molecule has 1 aromatic rings. The number of rotatable bonds is 6. The van der Waals surface area contributed by atoms with Crippen molar-refractivity contribution in [3.05, 3.63) is 58.9 Å². The Hall–Kier alpha value is -2.64. The molecule has 5 N–H and O–H groups in total. The summed E-state index contributed by atoms with van der Waals surface area (Å²) in [6.07, 6.45) is 3.24. The molecule has 2 aliphatic heterocycles. The number of hydrogen-bond acceptors (Lipinski definition) is 5. The molecule has 4 rings (SSSR count). The van der Waals surface area contributed by atoms with Crippen LogP contribution in [0, 0.1) is 5.41 Å². The van der Waals surface area contributed by atoms with E-state index in [9.17, 15) is 9.59 Å². The van der Waals surface area contributed by atoms with Gasteiger partial charge in [0.15, 0.2) is 0 Å². The lowest BCUT2D eigenvalue weighted by Gasteiger charge is -2.35. The number of primary amides is 2. The van der Waals surface area contributed by atoms with Gasteiger partial charge >= 0.3 is 0 Å². The van der Waals surface area contributed by atoms with E-state index in [0.717, 1.165) is 24.2 Å². The monoisotopic (exact) mass is 397 g/mol. The van der Waals surface area contributed by atoms with Crippen LogP contribution in [0.4, 0.5) is 0 Å². The molecule has 1 aromatic carbocycles. The molecule has 1 fully saturated rings. The molecule has 7 heteroatoms. The minimum Gasteiger partial charge on any atom is -0.492 e. The normalized spacial score (nSPS) is 29.0. The molecule has 2 amide bonds. The van der Waals surface area contributed by atoms with Crippen molar-refractivity contribution in [2.45, 2.75) is 31.3 Å². The third-order valence-electron chi connectivity index (χ3n) is 6.15. The first kappa shape index (κ1) is 19.7. The quantitative estimate of drug-likeness (QED) is 0.665. The van der Waals surface area contributed by atoms with Crippen LogP contribution < -0.4 is 16.8 Å². The first-order valence-corrected chi connectivity index (χ1v) is 10.1. The Bertz CT molecular complexity index is 858. The molecular formula is C22H27N3O4. The molecule has 2 heterocycles. The van der Waals surface area contributed by atoms with E-state index >= 15 is 0 Å². The summed E-state index contributed by atoms with van der Waals surface area (Å²) in [6.45, 7) is 2.64. The molecule has 2 unspecified atom stereocenters. The smallest absolute Gasteiger partial charge is 0.252 e. The van der Waals surface area contributed by atoms with E-state index in [4.69, 9.17) is 20.9 Å². The van der Waals surface area contributed by atoms with Crippen LogP contribution in [0.5, 0.6) is 0 Å². The fourth-order valence-electron chi connectivity index (χ4n) is 4.54. The van der Waals surface area contributed by atoms with Crippen LogP contribution in [0.25, 0.3) is 0 Å². The summed E-state index contributed by atoms with van der Waals surface area (Å²) in [5.74, 6) is -0.572. The predicted octanol–water partition coefficient (Wildman–Crippen LogP) is 1.11. The Morgan fingerprint density at radius 1 is 1.21 bits per heavy atom. The van der Waals surface area contributed by atoms with Gasteiger partial charge in [-0.05, 0) is 30.4 Å². The van der Waals surface area contributed by atoms with Crippen LogP contribution in [0.3, 0.4) is 0 Å². The zero-order valence-electron chi connectivity index (χ0n) is 16.4. The second-order valence-electron chi connectivity index (χ2n) is 7.98. The highest BCUT2D eigenvalue weighted by Gasteiger charge is 2.46. The van der Waals surface area contributed by atoms with E-state index in [0.29, 0.717) is 38.2 Å². The average Bonchev–Trinajstić information content (AvgIpc) is 3.16. The molecule has 0 spiro atoms. The van der Waals surface area contributed by atoms with Gasteiger partial charge in [0, 0.05) is 19.0 Å². The summed E-state index contributed by atoms with van der Waals surface area (Å²) in [4.78, 5) is 24.9. The molecular weight excluding hydrogens is 370 g/mol. The average molecular weight is 397 g/mol. The Labute approximate surface area is 170 Å². The highest BCUT2D eigenvalue weighted by Crippen LogP contribution is 2.49. The van der Waals surface area contributed by atoms with Gasteiger partial charge in [0.05, 0.1) is 30.3 Å². The van der Waals surface area contributed by atoms with Crippen LogP contribution in [0.1, 0.15) is 30.7 Å². The minimum absolute atomic E-state index is 0.0190. The Morgan fingerprint density at radius 3 is 2.66 bits per heavy atom. The van der Waals surface area contributed by atoms with Gasteiger partial charge < -0.3 is 26.3 Å². The molecule has 3 aliphatic rings. The van der Waals surface area contributed by atoms with Gasteiger partial charge in [-0.3, -0.25) is 9.59 Å². The van der Waals surface area contributed by atoms with Crippen molar-refractivity contribution in [3.8, 4) is 0 Å². The highest BCUT2D eigenvalue weighted by molar-refractivity contribution is 5.99. The van der Waals surface area contributed by atoms with Crippen molar-refractivity contribution >= 4 is 11.8 Å². The van der Waals surface area contributed by atoms with Crippen LogP contribution in [0.15, 0.2) is 53.3 Å². The molecule has 7 nitrogen and oxygen atoms in total. The summed E-state index contributed by atoms with van der Waals surface area (Å²) < 4.78 is 11.7. The van der Waals surface area contributed by atoms with E-state index in [2.05, 4.69) is 5.32 Å². The summed E-state index contributed by atoms with van der Waals surface area (Å²) in [7, 11) is 0. The van der Waals surface area contributed by atoms with Crippen LogP contribution in [0.2, 0.25) is 0 Å². The first-order chi connectivity index (χ1) is 14.0. The maximum absolute atomic E-state index is 12.7. The van der Waals surface area contributed by atoms with E-state index in [1.165, 1.54) is 0 Å². The van der Waals surface area contributed by atoms with Crippen molar-refractivity contribution in [2.24, 2.45) is 16.9 Å². The SMILES string of the molecule is NC(=O)C1=CC(CC[C@H]2CNCCO2)(C(N)=O)CC2=C1OCC2c1ccccc1. The number of benzene rings is 1. The fraction of sp³-hybridized carbons (Fsp3) is 0.455. The van der Waals surface area contributed by atoms with Gasteiger partial charge in [-0.1, -0.05) is 36.4 Å². The Kier molecular flexibility index (Phi) is 5.43. The largest absolute Gasteiger partial charge is 0.492 e. The maximum Gasteiger partial charge on any atom is 0.252 e. The van der Waals surface area contributed by atoms with E-state index in [1.807, 2.05) is 30.3 Å². The maximum atomic E-state index is 12.7. The summed E-state index contributed by atoms with van der Waals surface area (Å²) >= 11 is 0. The standard InChI is InChI=1S/C22H27N3O4/c23-20(26)17-11-22(21(24)27,7-6-15-12-25-8-9-28-15)10-16-18(13-29-19(16)17)14-4-2-1-3-5-14/h1-5,11,15,18,25H,6-10,12-13H2,(H2,23,26)(H2,24,27)/t15-,18?,22?/m0/s1. The van der Waals surface area contributed by atoms with Gasteiger partial charge in [0.1, 0.15) is 5.76 Å². The molecule has 1 aliphatic carbocycles. The van der Waals surface area contributed by atoms with Gasteiger partial charge in [-0.2, -0.15) is 0 Å². The van der Waals surface area contributed by atoms with E-state index in [-0.39, 0.29) is 17.6 Å². The number of nitrogens with two attached hydrogens (primary N) is 2. The van der Waals surface area contributed by atoms with Crippen molar-refractivity contribution in [2.75, 3.05) is 26.3 Å². The van der Waals surface area contributed by atoms with E-state index in [1.54, 1.807) is 6.08 Å². The van der Waals surface area contributed by atoms with Crippen molar-refractivity contribution < 1.29 is 19.1 Å². The molecule has 29 heavy (non-hydrogen) atoms. The highest BCUT2D eigenvalue weighted by atomic mass is 16.5. The van der Waals surface area contributed by atoms with Gasteiger partial charge in [-0.25, -0.2) is 0 Å². The number of carbonyl (C=O) groups is 2. The zero-order valence-corrected chi connectivity index (χ0v) is 16.4. The van der Waals surface area contributed by atoms with Crippen molar-refractivity contribution in [3.63, 3.8) is 0 Å². The van der Waals surface area contributed by atoms with Gasteiger partial charge in [0.2, 0.25) is 5.91 Å². The van der Waals surface area contributed by atoms with Gasteiger partial charge in [-0.15, -0.1) is 0 Å². The molecule has 0 aromatic heterocycles. The topological polar surface area (TPSA) is 117 Å². The fourth-order valence-corrected chi connectivity index (χ4v) is 4.54. The number of hydrogen-bond donors (Lipinski definition) is 3. The molecule has 0 bridgehead atoms. The summed E-state index contributed by atoms with van der Waals surface area (Å²) in [5, 5.41) is 3.30. The molecule has 0 saturated carbocycles. The van der Waals surface area contributed by atoms with Gasteiger partial charge in [0.25, 0.3) is 5.91 Å². The molecule has 154 valence electrons. The van der Waals surface area contributed by atoms with E-state index < -0.39 is 17.2 Å². The molecule has 0 radical (unpaired) electrons. The van der Waals surface area contributed by atoms with Crippen LogP contribution >= 0.6 is 0 Å². The molecule has 1 saturated heterocycles. The number of nitrogens with one attached hydrogen (secondary N) is 1. The Balaban J connectivity index is 1.66. The third kappa shape index (κ3) is 3.80. The minimum atomic E-state index is -0.981. The van der Waals surface area contributed by atoms with Crippen molar-refractivity contribution in [1.29, 1.82) is 0 Å². The number of ether oxygens (including phenoxy) is 2. The zero-order chi connectivity index (χ0) is 20.4.